The van der Waals surface area contributed by atoms with Crippen molar-refractivity contribution in [1.29, 1.82) is 0 Å². The van der Waals surface area contributed by atoms with Crippen LogP contribution in [-0.2, 0) is 0 Å². The van der Waals surface area contributed by atoms with Crippen LogP contribution < -0.4 is 5.32 Å². The molecule has 2 rings (SSSR count). The van der Waals surface area contributed by atoms with Crippen LogP contribution in [0.5, 0.6) is 0 Å². The lowest BCUT2D eigenvalue weighted by molar-refractivity contribution is 0.648. The van der Waals surface area contributed by atoms with E-state index in [2.05, 4.69) is 11.4 Å². The minimum atomic E-state index is 0. The van der Waals surface area contributed by atoms with E-state index in [-0.39, 0.29) is 12.4 Å². The Labute approximate surface area is 89.9 Å². The topological polar surface area (TPSA) is 12.0 Å². The average molecular weight is 218 g/mol. The van der Waals surface area contributed by atoms with E-state index in [1.807, 2.05) is 18.2 Å². The SMILES string of the molecule is Cl.Clc1ccccc1[C@@H]1CCCN1. The minimum absolute atomic E-state index is 0. The highest BCUT2D eigenvalue weighted by Crippen LogP contribution is 2.28. The molecular weight excluding hydrogens is 205 g/mol. The van der Waals surface area contributed by atoms with Gasteiger partial charge in [-0.1, -0.05) is 29.8 Å². The zero-order chi connectivity index (χ0) is 8.39. The monoisotopic (exact) mass is 217 g/mol. The van der Waals surface area contributed by atoms with Gasteiger partial charge < -0.3 is 5.32 Å². The smallest absolute Gasteiger partial charge is 0.0453 e. The summed E-state index contributed by atoms with van der Waals surface area (Å²) < 4.78 is 0. The Morgan fingerprint density at radius 1 is 1.31 bits per heavy atom. The van der Waals surface area contributed by atoms with Crippen molar-refractivity contribution in [3.05, 3.63) is 34.9 Å². The lowest BCUT2D eigenvalue weighted by atomic mass is 10.1. The van der Waals surface area contributed by atoms with Gasteiger partial charge in [-0.15, -0.1) is 12.4 Å². The molecule has 0 saturated carbocycles. The molecule has 1 N–H and O–H groups in total. The Kier molecular flexibility index (Phi) is 4.04. The zero-order valence-electron chi connectivity index (χ0n) is 7.29. The van der Waals surface area contributed by atoms with E-state index in [1.165, 1.54) is 18.4 Å². The van der Waals surface area contributed by atoms with Crippen LogP contribution >= 0.6 is 24.0 Å². The fourth-order valence-corrected chi connectivity index (χ4v) is 1.98. The summed E-state index contributed by atoms with van der Waals surface area (Å²) in [5, 5.41) is 4.32. The molecule has 1 aromatic rings. The van der Waals surface area contributed by atoms with Gasteiger partial charge in [0, 0.05) is 11.1 Å². The number of halogens is 2. The molecule has 13 heavy (non-hydrogen) atoms. The predicted octanol–water partition coefficient (Wildman–Crippen LogP) is 3.19. The number of rotatable bonds is 1. The van der Waals surface area contributed by atoms with Crippen molar-refractivity contribution in [3.8, 4) is 0 Å². The highest BCUT2D eigenvalue weighted by Gasteiger charge is 2.17. The first-order valence-corrected chi connectivity index (χ1v) is 4.73. The summed E-state index contributed by atoms with van der Waals surface area (Å²) in [6.45, 7) is 1.12. The Hall–Kier alpha value is -0.240. The van der Waals surface area contributed by atoms with Crippen molar-refractivity contribution in [3.63, 3.8) is 0 Å². The van der Waals surface area contributed by atoms with Crippen LogP contribution in [0.2, 0.25) is 5.02 Å². The molecule has 0 amide bonds. The van der Waals surface area contributed by atoms with Crippen molar-refractivity contribution < 1.29 is 0 Å². The molecule has 1 aliphatic heterocycles. The summed E-state index contributed by atoms with van der Waals surface area (Å²) in [5.41, 5.74) is 1.25. The van der Waals surface area contributed by atoms with Crippen molar-refractivity contribution >= 4 is 24.0 Å². The molecule has 0 aromatic heterocycles. The van der Waals surface area contributed by atoms with Gasteiger partial charge >= 0.3 is 0 Å². The summed E-state index contributed by atoms with van der Waals surface area (Å²) in [6.07, 6.45) is 2.47. The Bertz CT molecular complexity index is 269. The second-order valence-electron chi connectivity index (χ2n) is 3.17. The average Bonchev–Trinajstić information content (AvgIpc) is 2.57. The van der Waals surface area contributed by atoms with Gasteiger partial charge in [0.15, 0.2) is 0 Å². The third-order valence-electron chi connectivity index (χ3n) is 2.34. The molecular formula is C10H13Cl2N. The van der Waals surface area contributed by atoms with E-state index in [0.717, 1.165) is 11.6 Å². The maximum absolute atomic E-state index is 6.06. The minimum Gasteiger partial charge on any atom is -0.310 e. The van der Waals surface area contributed by atoms with E-state index >= 15 is 0 Å². The summed E-state index contributed by atoms with van der Waals surface area (Å²) in [7, 11) is 0. The molecule has 3 heteroatoms. The van der Waals surface area contributed by atoms with Gasteiger partial charge in [-0.25, -0.2) is 0 Å². The normalized spacial score (nSPS) is 21.2. The summed E-state index contributed by atoms with van der Waals surface area (Å²) in [4.78, 5) is 0. The van der Waals surface area contributed by atoms with Gasteiger partial charge in [0.05, 0.1) is 0 Å². The predicted molar refractivity (Wildman–Crippen MR) is 58.7 cm³/mol. The molecule has 0 radical (unpaired) electrons. The van der Waals surface area contributed by atoms with E-state index < -0.39 is 0 Å². The van der Waals surface area contributed by atoms with Crippen molar-refractivity contribution in [2.45, 2.75) is 18.9 Å². The van der Waals surface area contributed by atoms with Gasteiger partial charge in [0.2, 0.25) is 0 Å². The second-order valence-corrected chi connectivity index (χ2v) is 3.58. The number of benzene rings is 1. The van der Waals surface area contributed by atoms with E-state index in [1.54, 1.807) is 0 Å². The van der Waals surface area contributed by atoms with E-state index in [4.69, 9.17) is 11.6 Å². The van der Waals surface area contributed by atoms with Gasteiger partial charge in [0.25, 0.3) is 0 Å². The highest BCUT2D eigenvalue weighted by molar-refractivity contribution is 6.31. The van der Waals surface area contributed by atoms with Crippen LogP contribution in [0.1, 0.15) is 24.4 Å². The first-order chi connectivity index (χ1) is 5.88. The third-order valence-corrected chi connectivity index (χ3v) is 2.69. The maximum atomic E-state index is 6.06. The van der Waals surface area contributed by atoms with Crippen LogP contribution in [0.25, 0.3) is 0 Å². The van der Waals surface area contributed by atoms with Gasteiger partial charge in [-0.2, -0.15) is 0 Å². The van der Waals surface area contributed by atoms with Crippen molar-refractivity contribution in [2.24, 2.45) is 0 Å². The lowest BCUT2D eigenvalue weighted by Gasteiger charge is -2.11. The Balaban J connectivity index is 0.000000845. The molecule has 0 aliphatic carbocycles. The van der Waals surface area contributed by atoms with Crippen molar-refractivity contribution in [1.82, 2.24) is 5.32 Å². The Morgan fingerprint density at radius 3 is 2.69 bits per heavy atom. The first-order valence-electron chi connectivity index (χ1n) is 4.36. The molecule has 72 valence electrons. The maximum Gasteiger partial charge on any atom is 0.0453 e. The van der Waals surface area contributed by atoms with Crippen LogP contribution in [0.3, 0.4) is 0 Å². The standard InChI is InChI=1S/C10H12ClN.ClH/c11-9-5-2-1-4-8(9)10-6-3-7-12-10;/h1-2,4-5,10,12H,3,6-7H2;1H/t10-;/m0./s1. The molecule has 0 bridgehead atoms. The Morgan fingerprint density at radius 2 is 2.08 bits per heavy atom. The molecule has 1 nitrogen and oxygen atoms in total. The van der Waals surface area contributed by atoms with Crippen LogP contribution in [0.4, 0.5) is 0 Å². The van der Waals surface area contributed by atoms with Gasteiger partial charge in [-0.05, 0) is 31.0 Å². The molecule has 1 fully saturated rings. The summed E-state index contributed by atoms with van der Waals surface area (Å²) in [5.74, 6) is 0. The fraction of sp³-hybridized carbons (Fsp3) is 0.400. The van der Waals surface area contributed by atoms with Crippen LogP contribution in [-0.4, -0.2) is 6.54 Å². The van der Waals surface area contributed by atoms with E-state index in [9.17, 15) is 0 Å². The molecule has 0 spiro atoms. The molecule has 1 atom stereocenters. The molecule has 1 aromatic carbocycles. The molecule has 1 heterocycles. The quantitative estimate of drug-likeness (QED) is 0.763. The number of nitrogens with one attached hydrogen (secondary N) is 1. The molecule has 1 aliphatic rings. The highest BCUT2D eigenvalue weighted by atomic mass is 35.5. The zero-order valence-corrected chi connectivity index (χ0v) is 8.87. The summed E-state index contributed by atoms with van der Waals surface area (Å²) >= 11 is 6.06. The van der Waals surface area contributed by atoms with E-state index in [0.29, 0.717) is 6.04 Å². The first kappa shape index (κ1) is 10.8. The lowest BCUT2D eigenvalue weighted by Crippen LogP contribution is -2.12. The molecule has 0 unspecified atom stereocenters. The van der Waals surface area contributed by atoms with Crippen LogP contribution in [0, 0.1) is 0 Å². The fourth-order valence-electron chi connectivity index (χ4n) is 1.71. The van der Waals surface area contributed by atoms with Gasteiger partial charge in [-0.3, -0.25) is 0 Å². The second kappa shape index (κ2) is 4.85. The number of hydrogen-bond acceptors (Lipinski definition) is 1. The van der Waals surface area contributed by atoms with Crippen molar-refractivity contribution in [2.75, 3.05) is 6.54 Å². The third kappa shape index (κ3) is 2.37. The largest absolute Gasteiger partial charge is 0.310 e. The number of hydrogen-bond donors (Lipinski definition) is 1. The summed E-state index contributed by atoms with van der Waals surface area (Å²) in [6, 6.07) is 8.56. The van der Waals surface area contributed by atoms with Crippen LogP contribution in [0.15, 0.2) is 24.3 Å². The molecule has 1 saturated heterocycles. The van der Waals surface area contributed by atoms with Gasteiger partial charge in [0.1, 0.15) is 0 Å².